The Morgan fingerprint density at radius 1 is 1.06 bits per heavy atom. The molecule has 0 atom stereocenters. The van der Waals surface area contributed by atoms with Gasteiger partial charge < -0.3 is 15.0 Å². The first-order valence-corrected chi connectivity index (χ1v) is 11.8. The zero-order valence-corrected chi connectivity index (χ0v) is 20.5. The van der Waals surface area contributed by atoms with Gasteiger partial charge in [0.15, 0.2) is 11.6 Å². The Hall–Kier alpha value is -3.88. The predicted molar refractivity (Wildman–Crippen MR) is 130 cm³/mol. The number of aryl methyl sites for hydroxylation is 3. The van der Waals surface area contributed by atoms with Crippen molar-refractivity contribution in [1.82, 2.24) is 20.2 Å². The molecular weight excluding hydrogens is 466 g/mol. The second-order valence-electron chi connectivity index (χ2n) is 9.07. The third-order valence-electron chi connectivity index (χ3n) is 6.17. The van der Waals surface area contributed by atoms with Crippen LogP contribution in [-0.2, 0) is 6.54 Å². The number of nitrogens with one attached hydrogen (secondary N) is 1. The van der Waals surface area contributed by atoms with Gasteiger partial charge in [0.05, 0.1) is 11.3 Å². The van der Waals surface area contributed by atoms with Crippen molar-refractivity contribution in [3.63, 3.8) is 0 Å². The van der Waals surface area contributed by atoms with Gasteiger partial charge in [-0.25, -0.2) is 23.5 Å². The molecule has 1 saturated heterocycles. The first-order chi connectivity index (χ1) is 17.2. The third-order valence-corrected chi connectivity index (χ3v) is 6.17. The molecular formula is C27H28F2N4O3. The van der Waals surface area contributed by atoms with E-state index in [4.69, 9.17) is 4.74 Å². The Morgan fingerprint density at radius 3 is 2.33 bits per heavy atom. The van der Waals surface area contributed by atoms with Crippen LogP contribution < -0.4 is 10.1 Å². The Balaban J connectivity index is 1.42. The van der Waals surface area contributed by atoms with E-state index in [1.165, 1.54) is 17.2 Å². The van der Waals surface area contributed by atoms with Crippen LogP contribution in [0.15, 0.2) is 42.6 Å². The lowest BCUT2D eigenvalue weighted by atomic mass is 9.90. The van der Waals surface area contributed by atoms with Gasteiger partial charge in [-0.05, 0) is 51.3 Å². The molecule has 3 aromatic rings. The molecule has 7 nitrogen and oxygen atoms in total. The quantitative estimate of drug-likeness (QED) is 0.540. The molecule has 0 aliphatic carbocycles. The summed E-state index contributed by atoms with van der Waals surface area (Å²) in [6.45, 7) is 6.76. The molecule has 0 saturated carbocycles. The second-order valence-corrected chi connectivity index (χ2v) is 9.07. The lowest BCUT2D eigenvalue weighted by Crippen LogP contribution is -2.40. The van der Waals surface area contributed by atoms with E-state index in [-0.39, 0.29) is 11.8 Å². The molecule has 1 fully saturated rings. The standard InChI is InChI=1S/C27H28F2N4O3/c1-16-11-17(2)13-19(12-16)14-31-26(34)21-15-30-18(3)32-24(21)20-7-9-33(10-8-20)27(35)36-25-22(28)5-4-6-23(25)29/h4-6,11-13,15,20H,7-10,14H2,1-3H3,(H,31,34). The molecule has 2 amide bonds. The highest BCUT2D eigenvalue weighted by Crippen LogP contribution is 2.30. The summed E-state index contributed by atoms with van der Waals surface area (Å²) in [4.78, 5) is 35.7. The lowest BCUT2D eigenvalue weighted by Gasteiger charge is -2.31. The summed E-state index contributed by atoms with van der Waals surface area (Å²) in [7, 11) is 0. The molecule has 0 unspecified atom stereocenters. The average molecular weight is 495 g/mol. The fraction of sp³-hybridized carbons (Fsp3) is 0.333. The molecule has 4 rings (SSSR count). The maximum absolute atomic E-state index is 13.8. The van der Waals surface area contributed by atoms with Gasteiger partial charge in [-0.3, -0.25) is 4.79 Å². The van der Waals surface area contributed by atoms with E-state index in [1.807, 2.05) is 26.0 Å². The number of likely N-dealkylation sites (tertiary alicyclic amines) is 1. The molecule has 36 heavy (non-hydrogen) atoms. The summed E-state index contributed by atoms with van der Waals surface area (Å²) < 4.78 is 32.7. The van der Waals surface area contributed by atoms with Crippen molar-refractivity contribution in [2.24, 2.45) is 0 Å². The Kier molecular flexibility index (Phi) is 7.57. The highest BCUT2D eigenvalue weighted by atomic mass is 19.1. The molecule has 1 N–H and O–H groups in total. The average Bonchev–Trinajstić information content (AvgIpc) is 2.84. The van der Waals surface area contributed by atoms with Gasteiger partial charge in [0.1, 0.15) is 5.82 Å². The van der Waals surface area contributed by atoms with E-state index < -0.39 is 23.5 Å². The highest BCUT2D eigenvalue weighted by Gasteiger charge is 2.30. The summed E-state index contributed by atoms with van der Waals surface area (Å²) in [5, 5.41) is 2.96. The van der Waals surface area contributed by atoms with Crippen LogP contribution in [0.4, 0.5) is 13.6 Å². The van der Waals surface area contributed by atoms with Gasteiger partial charge >= 0.3 is 6.09 Å². The van der Waals surface area contributed by atoms with Crippen LogP contribution in [0.2, 0.25) is 0 Å². The van der Waals surface area contributed by atoms with E-state index in [1.54, 1.807) is 6.92 Å². The fourth-order valence-corrected chi connectivity index (χ4v) is 4.49. The Labute approximate surface area is 208 Å². The topological polar surface area (TPSA) is 84.4 Å². The summed E-state index contributed by atoms with van der Waals surface area (Å²) >= 11 is 0. The lowest BCUT2D eigenvalue weighted by molar-refractivity contribution is 0.0946. The summed E-state index contributed by atoms with van der Waals surface area (Å²) in [6, 6.07) is 9.40. The molecule has 9 heteroatoms. The number of rotatable bonds is 5. The van der Waals surface area contributed by atoms with Crippen molar-refractivity contribution in [3.8, 4) is 5.75 Å². The van der Waals surface area contributed by atoms with Crippen LogP contribution >= 0.6 is 0 Å². The normalized spacial score (nSPS) is 14.0. The number of benzene rings is 2. The van der Waals surface area contributed by atoms with Gasteiger partial charge in [-0.15, -0.1) is 0 Å². The van der Waals surface area contributed by atoms with Crippen molar-refractivity contribution in [1.29, 1.82) is 0 Å². The summed E-state index contributed by atoms with van der Waals surface area (Å²) in [5.74, 6) is -2.38. The van der Waals surface area contributed by atoms with Crippen LogP contribution in [0, 0.1) is 32.4 Å². The minimum absolute atomic E-state index is 0.0806. The first-order valence-electron chi connectivity index (χ1n) is 11.8. The smallest absolute Gasteiger partial charge is 0.404 e. The minimum atomic E-state index is -0.939. The van der Waals surface area contributed by atoms with Gasteiger partial charge in [0.25, 0.3) is 5.91 Å². The van der Waals surface area contributed by atoms with Gasteiger partial charge in [0, 0.05) is 31.7 Å². The van der Waals surface area contributed by atoms with Crippen molar-refractivity contribution in [3.05, 3.63) is 88.0 Å². The van der Waals surface area contributed by atoms with Crippen molar-refractivity contribution >= 4 is 12.0 Å². The predicted octanol–water partition coefficient (Wildman–Crippen LogP) is 4.99. The van der Waals surface area contributed by atoms with Crippen LogP contribution in [0.5, 0.6) is 5.75 Å². The molecule has 188 valence electrons. The number of hydrogen-bond acceptors (Lipinski definition) is 5. The van der Waals surface area contributed by atoms with Crippen LogP contribution in [0.25, 0.3) is 0 Å². The minimum Gasteiger partial charge on any atom is -0.404 e. The number of halogens is 2. The number of ether oxygens (including phenoxy) is 1. The summed E-state index contributed by atoms with van der Waals surface area (Å²) in [5.41, 5.74) is 4.30. The maximum Gasteiger partial charge on any atom is 0.415 e. The molecule has 1 aliphatic rings. The van der Waals surface area contributed by atoms with E-state index in [9.17, 15) is 18.4 Å². The number of carbonyl (C=O) groups excluding carboxylic acids is 2. The maximum atomic E-state index is 13.8. The molecule has 2 aromatic carbocycles. The summed E-state index contributed by atoms with van der Waals surface area (Å²) in [6.07, 6.45) is 1.75. The number of amides is 2. The van der Waals surface area contributed by atoms with Crippen molar-refractivity contribution in [2.75, 3.05) is 13.1 Å². The third kappa shape index (κ3) is 5.84. The molecule has 0 spiro atoms. The first kappa shape index (κ1) is 25.2. The number of aromatic nitrogens is 2. The largest absolute Gasteiger partial charge is 0.415 e. The SMILES string of the molecule is Cc1cc(C)cc(CNC(=O)c2cnc(C)nc2C2CCN(C(=O)Oc3c(F)cccc3F)CC2)c1. The number of nitrogens with zero attached hydrogens (tertiary/aromatic N) is 3. The van der Waals surface area contributed by atoms with E-state index >= 15 is 0 Å². The molecule has 1 aromatic heterocycles. The van der Waals surface area contributed by atoms with Crippen LogP contribution in [0.1, 0.15) is 57.3 Å². The van der Waals surface area contributed by atoms with E-state index in [0.29, 0.717) is 49.6 Å². The van der Waals surface area contributed by atoms with E-state index in [2.05, 4.69) is 21.4 Å². The van der Waals surface area contributed by atoms with Crippen LogP contribution in [-0.4, -0.2) is 40.0 Å². The van der Waals surface area contributed by atoms with Gasteiger partial charge in [-0.2, -0.15) is 0 Å². The van der Waals surface area contributed by atoms with Crippen molar-refractivity contribution in [2.45, 2.75) is 46.1 Å². The number of hydrogen-bond donors (Lipinski definition) is 1. The zero-order chi connectivity index (χ0) is 25.8. The number of para-hydroxylation sites is 1. The molecule has 2 heterocycles. The van der Waals surface area contributed by atoms with Crippen LogP contribution in [0.3, 0.4) is 0 Å². The number of carbonyl (C=O) groups is 2. The molecule has 0 bridgehead atoms. The molecule has 1 aliphatic heterocycles. The Bertz CT molecular complexity index is 1250. The fourth-order valence-electron chi connectivity index (χ4n) is 4.49. The molecule has 0 radical (unpaired) electrons. The Morgan fingerprint density at radius 2 is 1.69 bits per heavy atom. The van der Waals surface area contributed by atoms with Crippen molar-refractivity contribution < 1.29 is 23.1 Å². The van der Waals surface area contributed by atoms with E-state index in [0.717, 1.165) is 28.8 Å². The second kappa shape index (κ2) is 10.8. The van der Waals surface area contributed by atoms with Gasteiger partial charge in [0.2, 0.25) is 5.75 Å². The van der Waals surface area contributed by atoms with Gasteiger partial charge in [-0.1, -0.05) is 35.4 Å². The zero-order valence-electron chi connectivity index (χ0n) is 20.5. The highest BCUT2D eigenvalue weighted by molar-refractivity contribution is 5.95. The number of piperidine rings is 1. The monoisotopic (exact) mass is 494 g/mol.